The maximum atomic E-state index is 12.1. The van der Waals surface area contributed by atoms with Gasteiger partial charge in [0, 0.05) is 29.4 Å². The van der Waals surface area contributed by atoms with Crippen molar-refractivity contribution in [2.24, 2.45) is 5.73 Å². The number of rotatable bonds is 9. The van der Waals surface area contributed by atoms with Crippen LogP contribution in [0.15, 0.2) is 24.3 Å². The number of carboxylic acids is 1. The first-order valence-corrected chi connectivity index (χ1v) is 7.94. The Hall–Kier alpha value is -2.83. The molecule has 24 heavy (non-hydrogen) atoms. The number of hydrogen-bond acceptors (Lipinski definition) is 3. The number of fused-ring (bicyclic) bond motifs is 1. The lowest BCUT2D eigenvalue weighted by Gasteiger charge is -2.03. The van der Waals surface area contributed by atoms with Gasteiger partial charge >= 0.3 is 5.97 Å². The van der Waals surface area contributed by atoms with Crippen molar-refractivity contribution in [3.05, 3.63) is 35.5 Å². The van der Waals surface area contributed by atoms with E-state index in [1.54, 1.807) is 24.3 Å². The highest BCUT2D eigenvalue weighted by Crippen LogP contribution is 2.17. The molecule has 0 aliphatic rings. The van der Waals surface area contributed by atoms with E-state index in [1.807, 2.05) is 0 Å². The average Bonchev–Trinajstić information content (AvgIpc) is 2.96. The second kappa shape index (κ2) is 8.14. The van der Waals surface area contributed by atoms with Crippen LogP contribution in [-0.2, 0) is 4.79 Å². The fraction of sp³-hybridized carbons (Fsp3) is 0.353. The Labute approximate surface area is 139 Å². The highest BCUT2D eigenvalue weighted by Gasteiger charge is 2.09. The molecular formula is C17H22N4O3. The lowest BCUT2D eigenvalue weighted by Crippen LogP contribution is -2.24. The first-order chi connectivity index (χ1) is 11.5. The Kier molecular flexibility index (Phi) is 5.95. The minimum absolute atomic E-state index is 0.00741. The summed E-state index contributed by atoms with van der Waals surface area (Å²) in [5.41, 5.74) is 7.37. The lowest BCUT2D eigenvalue weighted by molar-refractivity contribution is -0.137. The quantitative estimate of drug-likeness (QED) is 0.274. The summed E-state index contributed by atoms with van der Waals surface area (Å²) in [6.07, 6.45) is 3.43. The first-order valence-electron chi connectivity index (χ1n) is 7.94. The largest absolute Gasteiger partial charge is 0.481 e. The molecule has 0 bridgehead atoms. The molecule has 2 rings (SSSR count). The van der Waals surface area contributed by atoms with Crippen LogP contribution >= 0.6 is 0 Å². The molecule has 0 atom stereocenters. The summed E-state index contributed by atoms with van der Waals surface area (Å²) in [7, 11) is 0. The van der Waals surface area contributed by atoms with Crippen molar-refractivity contribution in [1.82, 2.24) is 10.3 Å². The minimum atomic E-state index is -0.768. The molecule has 1 aromatic carbocycles. The predicted molar refractivity (Wildman–Crippen MR) is 92.4 cm³/mol. The summed E-state index contributed by atoms with van der Waals surface area (Å²) in [5.74, 6) is -0.955. The second-order valence-corrected chi connectivity index (χ2v) is 5.71. The van der Waals surface area contributed by atoms with Crippen LogP contribution in [0.5, 0.6) is 0 Å². The number of nitrogen functional groups attached to an aromatic ring is 1. The molecule has 1 heterocycles. The summed E-state index contributed by atoms with van der Waals surface area (Å²) in [5, 5.41) is 19.7. The number of nitrogens with one attached hydrogen (secondary N) is 3. The van der Waals surface area contributed by atoms with E-state index in [0.717, 1.165) is 30.2 Å². The summed E-state index contributed by atoms with van der Waals surface area (Å²) < 4.78 is 0. The number of carbonyl (C=O) groups is 2. The first kappa shape index (κ1) is 17.5. The molecule has 1 aromatic heterocycles. The molecule has 7 heteroatoms. The number of aliphatic carboxylic acids is 1. The van der Waals surface area contributed by atoms with Gasteiger partial charge in [-0.1, -0.05) is 12.8 Å². The molecule has 2 aromatic rings. The predicted octanol–water partition coefficient (Wildman–Crippen LogP) is 2.22. The fourth-order valence-electron chi connectivity index (χ4n) is 2.47. The Morgan fingerprint density at radius 2 is 1.92 bits per heavy atom. The number of unbranched alkanes of at least 4 members (excludes halogenated alkanes) is 3. The van der Waals surface area contributed by atoms with Crippen LogP contribution in [0.25, 0.3) is 10.9 Å². The van der Waals surface area contributed by atoms with Crippen LogP contribution in [0, 0.1) is 5.41 Å². The van der Waals surface area contributed by atoms with Gasteiger partial charge < -0.3 is 21.1 Å². The lowest BCUT2D eigenvalue weighted by atomic mass is 10.1. The molecule has 0 saturated heterocycles. The van der Waals surface area contributed by atoms with Crippen LogP contribution in [0.1, 0.15) is 48.2 Å². The smallest absolute Gasteiger partial charge is 0.303 e. The zero-order valence-electron chi connectivity index (χ0n) is 13.4. The molecule has 128 valence electrons. The minimum Gasteiger partial charge on any atom is -0.481 e. The van der Waals surface area contributed by atoms with Crippen molar-refractivity contribution in [3.63, 3.8) is 0 Å². The molecule has 0 spiro atoms. The Morgan fingerprint density at radius 1 is 1.17 bits per heavy atom. The van der Waals surface area contributed by atoms with E-state index >= 15 is 0 Å². The van der Waals surface area contributed by atoms with Crippen LogP contribution in [0.2, 0.25) is 0 Å². The zero-order valence-corrected chi connectivity index (χ0v) is 13.4. The summed E-state index contributed by atoms with van der Waals surface area (Å²) in [6.45, 7) is 0.556. The number of nitrogens with two attached hydrogens (primary N) is 1. The van der Waals surface area contributed by atoms with E-state index in [1.165, 1.54) is 0 Å². The number of H-pyrrole nitrogens is 1. The number of carbonyl (C=O) groups excluding carboxylic acids is 1. The van der Waals surface area contributed by atoms with Crippen molar-refractivity contribution in [1.29, 1.82) is 5.41 Å². The molecule has 0 fully saturated rings. The summed E-state index contributed by atoms with van der Waals surface area (Å²) in [4.78, 5) is 25.6. The highest BCUT2D eigenvalue weighted by molar-refractivity contribution is 6.02. The van der Waals surface area contributed by atoms with E-state index in [2.05, 4.69) is 10.3 Å². The Balaban J connectivity index is 1.81. The third-order valence-electron chi connectivity index (χ3n) is 3.78. The standard InChI is InChI=1S/C17H22N4O3/c18-16(19)11-6-7-13-12(9-11)10-14(21-13)17(24)20-8-4-2-1-3-5-15(22)23/h6-7,9-10,21H,1-5,8H2,(H3,18,19)(H,20,24)(H,22,23). The van der Waals surface area contributed by atoms with Crippen molar-refractivity contribution < 1.29 is 14.7 Å². The zero-order chi connectivity index (χ0) is 17.5. The van der Waals surface area contributed by atoms with Crippen molar-refractivity contribution in [3.8, 4) is 0 Å². The number of benzene rings is 1. The van der Waals surface area contributed by atoms with Crippen molar-refractivity contribution >= 4 is 28.6 Å². The van der Waals surface area contributed by atoms with Gasteiger partial charge in [-0.15, -0.1) is 0 Å². The van der Waals surface area contributed by atoms with Gasteiger partial charge in [-0.3, -0.25) is 15.0 Å². The third kappa shape index (κ3) is 4.84. The number of carboxylic acid groups (broad SMARTS) is 1. The fourth-order valence-corrected chi connectivity index (χ4v) is 2.47. The molecule has 0 unspecified atom stereocenters. The average molecular weight is 330 g/mol. The maximum absolute atomic E-state index is 12.1. The van der Waals surface area contributed by atoms with Gasteiger partial charge in [0.2, 0.25) is 0 Å². The molecule has 7 nitrogen and oxygen atoms in total. The van der Waals surface area contributed by atoms with Crippen LogP contribution in [0.4, 0.5) is 0 Å². The van der Waals surface area contributed by atoms with Gasteiger partial charge in [-0.2, -0.15) is 0 Å². The maximum Gasteiger partial charge on any atom is 0.303 e. The van der Waals surface area contributed by atoms with E-state index in [4.69, 9.17) is 16.2 Å². The van der Waals surface area contributed by atoms with E-state index in [-0.39, 0.29) is 18.2 Å². The van der Waals surface area contributed by atoms with Gasteiger partial charge in [-0.25, -0.2) is 0 Å². The van der Waals surface area contributed by atoms with Crippen molar-refractivity contribution in [2.45, 2.75) is 32.1 Å². The Bertz CT molecular complexity index is 751. The van der Waals surface area contributed by atoms with E-state index < -0.39 is 5.97 Å². The molecule has 1 amide bonds. The molecule has 6 N–H and O–H groups in total. The monoisotopic (exact) mass is 330 g/mol. The van der Waals surface area contributed by atoms with Gasteiger partial charge in [0.25, 0.3) is 5.91 Å². The Morgan fingerprint density at radius 3 is 2.62 bits per heavy atom. The molecule has 0 radical (unpaired) electrons. The van der Waals surface area contributed by atoms with E-state index in [0.29, 0.717) is 24.2 Å². The molecule has 0 aliphatic heterocycles. The van der Waals surface area contributed by atoms with Gasteiger partial charge in [0.05, 0.1) is 0 Å². The van der Waals surface area contributed by atoms with Crippen LogP contribution in [0.3, 0.4) is 0 Å². The number of aromatic nitrogens is 1. The molecular weight excluding hydrogens is 308 g/mol. The molecule has 0 aliphatic carbocycles. The van der Waals surface area contributed by atoms with E-state index in [9.17, 15) is 9.59 Å². The molecule has 0 saturated carbocycles. The number of amides is 1. The second-order valence-electron chi connectivity index (χ2n) is 5.71. The van der Waals surface area contributed by atoms with Gasteiger partial charge in [0.15, 0.2) is 0 Å². The topological polar surface area (TPSA) is 132 Å². The number of amidine groups is 1. The summed E-state index contributed by atoms with van der Waals surface area (Å²) in [6, 6.07) is 7.04. The van der Waals surface area contributed by atoms with Crippen molar-refractivity contribution in [2.75, 3.05) is 6.54 Å². The van der Waals surface area contributed by atoms with Crippen LogP contribution in [-0.4, -0.2) is 34.3 Å². The number of hydrogen-bond donors (Lipinski definition) is 5. The van der Waals surface area contributed by atoms with Crippen LogP contribution < -0.4 is 11.1 Å². The number of aromatic amines is 1. The normalized spacial score (nSPS) is 10.7. The van der Waals surface area contributed by atoms with Gasteiger partial charge in [0.1, 0.15) is 11.5 Å². The van der Waals surface area contributed by atoms with Gasteiger partial charge in [-0.05, 0) is 37.1 Å². The highest BCUT2D eigenvalue weighted by atomic mass is 16.4. The third-order valence-corrected chi connectivity index (χ3v) is 3.78. The summed E-state index contributed by atoms with van der Waals surface area (Å²) >= 11 is 0. The SMILES string of the molecule is N=C(N)c1ccc2[nH]c(C(=O)NCCCCCCC(=O)O)cc2c1.